The number of amides is 2. The minimum absolute atomic E-state index is 0.0501. The van der Waals surface area contributed by atoms with Crippen molar-refractivity contribution in [3.63, 3.8) is 0 Å². The molecule has 0 aromatic heterocycles. The predicted octanol–water partition coefficient (Wildman–Crippen LogP) is 3.31. The Morgan fingerprint density at radius 1 is 1.25 bits per heavy atom. The molecule has 132 valence electrons. The van der Waals surface area contributed by atoms with Gasteiger partial charge in [-0.3, -0.25) is 14.4 Å². The van der Waals surface area contributed by atoms with Gasteiger partial charge >= 0.3 is 5.97 Å². The number of halogens is 1. The van der Waals surface area contributed by atoms with Crippen LogP contribution in [0.15, 0.2) is 18.2 Å². The van der Waals surface area contributed by atoms with Gasteiger partial charge in [0, 0.05) is 23.6 Å². The van der Waals surface area contributed by atoms with Crippen LogP contribution in [0.4, 0.5) is 5.69 Å². The molecule has 1 rings (SSSR count). The molecule has 0 heterocycles. The van der Waals surface area contributed by atoms with Crippen LogP contribution in [-0.4, -0.2) is 28.4 Å². The topological polar surface area (TPSA) is 95.5 Å². The fourth-order valence-corrected chi connectivity index (χ4v) is 2.12. The summed E-state index contributed by atoms with van der Waals surface area (Å²) < 4.78 is 0. The van der Waals surface area contributed by atoms with Crippen LogP contribution >= 0.6 is 11.6 Å². The van der Waals surface area contributed by atoms with Gasteiger partial charge in [0.15, 0.2) is 0 Å². The number of rotatable bonds is 7. The molecule has 0 spiro atoms. The number of benzene rings is 1. The summed E-state index contributed by atoms with van der Waals surface area (Å²) in [7, 11) is 0. The lowest BCUT2D eigenvalue weighted by Gasteiger charge is -2.26. The number of carboxylic acids is 1. The van der Waals surface area contributed by atoms with E-state index in [1.54, 1.807) is 33.8 Å². The molecule has 6 nitrogen and oxygen atoms in total. The minimum atomic E-state index is -0.922. The van der Waals surface area contributed by atoms with E-state index in [0.717, 1.165) is 0 Å². The lowest BCUT2D eigenvalue weighted by Crippen LogP contribution is -2.43. The minimum Gasteiger partial charge on any atom is -0.481 e. The van der Waals surface area contributed by atoms with Gasteiger partial charge in [-0.2, -0.15) is 0 Å². The van der Waals surface area contributed by atoms with Crippen LogP contribution in [0.1, 0.15) is 50.9 Å². The fraction of sp³-hybridized carbons (Fsp3) is 0.471. The zero-order chi connectivity index (χ0) is 18.5. The van der Waals surface area contributed by atoms with Crippen LogP contribution in [0, 0.1) is 5.92 Å². The normalized spacial score (nSPS) is 11.2. The molecule has 7 heteroatoms. The van der Waals surface area contributed by atoms with E-state index < -0.39 is 17.4 Å². The van der Waals surface area contributed by atoms with Crippen LogP contribution in [-0.2, 0) is 9.59 Å². The molecule has 0 aliphatic carbocycles. The molecular formula is C17H23ClN2O4. The second-order valence-electron chi connectivity index (χ2n) is 6.57. The maximum absolute atomic E-state index is 12.4. The largest absolute Gasteiger partial charge is 0.481 e. The number of carbonyl (C=O) groups is 3. The molecule has 0 saturated heterocycles. The van der Waals surface area contributed by atoms with Crippen molar-refractivity contribution < 1.29 is 19.5 Å². The highest BCUT2D eigenvalue weighted by Crippen LogP contribution is 2.22. The third-order valence-electron chi connectivity index (χ3n) is 3.42. The summed E-state index contributed by atoms with van der Waals surface area (Å²) in [6, 6.07) is 4.66. The van der Waals surface area contributed by atoms with Gasteiger partial charge in [0.1, 0.15) is 0 Å². The van der Waals surface area contributed by atoms with Gasteiger partial charge in [0.05, 0.1) is 10.6 Å². The van der Waals surface area contributed by atoms with Crippen molar-refractivity contribution in [1.29, 1.82) is 0 Å². The van der Waals surface area contributed by atoms with E-state index >= 15 is 0 Å². The van der Waals surface area contributed by atoms with E-state index in [2.05, 4.69) is 10.6 Å². The Labute approximate surface area is 146 Å². The molecule has 0 fully saturated rings. The summed E-state index contributed by atoms with van der Waals surface area (Å²) in [5, 5.41) is 14.5. The summed E-state index contributed by atoms with van der Waals surface area (Å²) in [5.41, 5.74) is 0.00363. The highest BCUT2D eigenvalue weighted by molar-refractivity contribution is 6.34. The van der Waals surface area contributed by atoms with E-state index in [1.807, 2.05) is 0 Å². The van der Waals surface area contributed by atoms with E-state index in [-0.39, 0.29) is 35.3 Å². The summed E-state index contributed by atoms with van der Waals surface area (Å²) >= 11 is 6.08. The molecule has 1 aromatic rings. The van der Waals surface area contributed by atoms with Crippen molar-refractivity contribution in [1.82, 2.24) is 5.32 Å². The van der Waals surface area contributed by atoms with Gasteiger partial charge in [0.2, 0.25) is 5.91 Å². The average molecular weight is 355 g/mol. The molecule has 0 unspecified atom stereocenters. The second kappa shape index (κ2) is 8.15. The molecular weight excluding hydrogens is 332 g/mol. The predicted molar refractivity (Wildman–Crippen MR) is 93.3 cm³/mol. The van der Waals surface area contributed by atoms with Crippen molar-refractivity contribution >= 4 is 35.1 Å². The Balaban J connectivity index is 2.90. The van der Waals surface area contributed by atoms with Crippen LogP contribution in [0.3, 0.4) is 0 Å². The number of nitrogens with one attached hydrogen (secondary N) is 2. The number of hydrogen-bond donors (Lipinski definition) is 3. The summed E-state index contributed by atoms with van der Waals surface area (Å²) in [6.45, 7) is 7.02. The van der Waals surface area contributed by atoms with E-state index in [9.17, 15) is 14.4 Å². The molecule has 0 radical (unpaired) electrons. The maximum atomic E-state index is 12.4. The van der Waals surface area contributed by atoms with Gasteiger partial charge in [-0.15, -0.1) is 0 Å². The standard InChI is InChI=1S/C17H23ClN2O4/c1-10(2)15(23)19-11-5-6-13(18)12(9-11)16(24)20-17(3,4)8-7-14(21)22/h5-6,9-10H,7-8H2,1-4H3,(H,19,23)(H,20,24)(H,21,22). The van der Waals surface area contributed by atoms with Crippen LogP contribution in [0.2, 0.25) is 5.02 Å². The van der Waals surface area contributed by atoms with Gasteiger partial charge in [-0.05, 0) is 38.5 Å². The van der Waals surface area contributed by atoms with Gasteiger partial charge < -0.3 is 15.7 Å². The molecule has 24 heavy (non-hydrogen) atoms. The zero-order valence-electron chi connectivity index (χ0n) is 14.3. The lowest BCUT2D eigenvalue weighted by molar-refractivity contribution is -0.137. The quantitative estimate of drug-likeness (QED) is 0.700. The smallest absolute Gasteiger partial charge is 0.303 e. The van der Waals surface area contributed by atoms with Crippen LogP contribution < -0.4 is 10.6 Å². The second-order valence-corrected chi connectivity index (χ2v) is 6.98. The fourth-order valence-electron chi connectivity index (χ4n) is 1.92. The first-order chi connectivity index (χ1) is 11.0. The molecule has 0 aliphatic heterocycles. The SMILES string of the molecule is CC(C)C(=O)Nc1ccc(Cl)c(C(=O)NC(C)(C)CCC(=O)O)c1. The highest BCUT2D eigenvalue weighted by Gasteiger charge is 2.23. The maximum Gasteiger partial charge on any atom is 0.303 e. The van der Waals surface area contributed by atoms with Gasteiger partial charge in [-0.1, -0.05) is 25.4 Å². The lowest BCUT2D eigenvalue weighted by atomic mass is 9.97. The Morgan fingerprint density at radius 2 is 1.88 bits per heavy atom. The monoisotopic (exact) mass is 354 g/mol. The summed E-state index contributed by atoms with van der Waals surface area (Å²) in [6.07, 6.45) is 0.237. The van der Waals surface area contributed by atoms with Crippen molar-refractivity contribution in [2.45, 2.75) is 46.1 Å². The van der Waals surface area contributed by atoms with Crippen LogP contribution in [0.5, 0.6) is 0 Å². The molecule has 2 amide bonds. The van der Waals surface area contributed by atoms with Crippen molar-refractivity contribution in [3.8, 4) is 0 Å². The van der Waals surface area contributed by atoms with E-state index in [4.69, 9.17) is 16.7 Å². The molecule has 0 bridgehead atoms. The molecule has 0 atom stereocenters. The van der Waals surface area contributed by atoms with E-state index in [1.165, 1.54) is 12.1 Å². The van der Waals surface area contributed by atoms with Crippen molar-refractivity contribution in [2.24, 2.45) is 5.92 Å². The molecule has 0 aliphatic rings. The first-order valence-electron chi connectivity index (χ1n) is 7.66. The Bertz CT molecular complexity index is 641. The third-order valence-corrected chi connectivity index (χ3v) is 3.75. The summed E-state index contributed by atoms with van der Waals surface area (Å²) in [5.74, 6) is -1.69. The van der Waals surface area contributed by atoms with Gasteiger partial charge in [0.25, 0.3) is 5.91 Å². The van der Waals surface area contributed by atoms with Gasteiger partial charge in [-0.25, -0.2) is 0 Å². The number of aliphatic carboxylic acids is 1. The number of hydrogen-bond acceptors (Lipinski definition) is 3. The Hall–Kier alpha value is -2.08. The number of anilines is 1. The number of carboxylic acid groups (broad SMARTS) is 1. The average Bonchev–Trinajstić information content (AvgIpc) is 2.46. The van der Waals surface area contributed by atoms with Crippen molar-refractivity contribution in [2.75, 3.05) is 5.32 Å². The van der Waals surface area contributed by atoms with Crippen LogP contribution in [0.25, 0.3) is 0 Å². The number of carbonyl (C=O) groups excluding carboxylic acids is 2. The first-order valence-corrected chi connectivity index (χ1v) is 8.04. The first kappa shape index (κ1) is 20.0. The van der Waals surface area contributed by atoms with E-state index in [0.29, 0.717) is 5.69 Å². The zero-order valence-corrected chi connectivity index (χ0v) is 15.0. The Morgan fingerprint density at radius 3 is 2.42 bits per heavy atom. The molecule has 3 N–H and O–H groups in total. The summed E-state index contributed by atoms with van der Waals surface area (Å²) in [4.78, 5) is 34.9. The molecule has 0 saturated carbocycles. The van der Waals surface area contributed by atoms with Crippen molar-refractivity contribution in [3.05, 3.63) is 28.8 Å². The third kappa shape index (κ3) is 6.20. The highest BCUT2D eigenvalue weighted by atomic mass is 35.5. The Kier molecular flexibility index (Phi) is 6.78. The molecule has 1 aromatic carbocycles.